The molecular formula is C21H20FN3O3. The number of para-hydroxylation sites is 1. The van der Waals surface area contributed by atoms with Crippen LogP contribution in [0.4, 0.5) is 4.39 Å². The first-order valence-electron chi connectivity index (χ1n) is 9.22. The molecule has 2 aromatic carbocycles. The molecule has 0 saturated carbocycles. The van der Waals surface area contributed by atoms with Crippen LogP contribution in [0.15, 0.2) is 53.1 Å². The van der Waals surface area contributed by atoms with Gasteiger partial charge in [-0.3, -0.25) is 4.79 Å². The van der Waals surface area contributed by atoms with Gasteiger partial charge in [0.25, 0.3) is 5.89 Å². The predicted molar refractivity (Wildman–Crippen MR) is 100 cm³/mol. The highest BCUT2D eigenvalue weighted by atomic mass is 19.1. The number of halogens is 1. The maximum Gasteiger partial charge on any atom is 0.257 e. The number of aromatic nitrogens is 2. The quantitative estimate of drug-likeness (QED) is 0.650. The smallest absolute Gasteiger partial charge is 0.257 e. The number of nitrogens with zero attached hydrogens (tertiary/aromatic N) is 3. The molecule has 28 heavy (non-hydrogen) atoms. The lowest BCUT2D eigenvalue weighted by molar-refractivity contribution is -0.128. The van der Waals surface area contributed by atoms with Crippen LogP contribution in [0.1, 0.15) is 30.7 Å². The molecule has 1 aliphatic rings. The van der Waals surface area contributed by atoms with Crippen LogP contribution in [0.2, 0.25) is 0 Å². The van der Waals surface area contributed by atoms with Crippen molar-refractivity contribution in [2.45, 2.75) is 25.8 Å². The van der Waals surface area contributed by atoms with Crippen LogP contribution >= 0.6 is 0 Å². The summed E-state index contributed by atoms with van der Waals surface area (Å²) in [5.41, 5.74) is 1.62. The fourth-order valence-corrected chi connectivity index (χ4v) is 3.34. The van der Waals surface area contributed by atoms with Gasteiger partial charge >= 0.3 is 0 Å². The first-order chi connectivity index (χ1) is 13.6. The van der Waals surface area contributed by atoms with Crippen LogP contribution in [0.3, 0.4) is 0 Å². The van der Waals surface area contributed by atoms with Gasteiger partial charge in [0.1, 0.15) is 11.6 Å². The van der Waals surface area contributed by atoms with E-state index in [-0.39, 0.29) is 17.6 Å². The van der Waals surface area contributed by atoms with Crippen LogP contribution in [0, 0.1) is 5.82 Å². The minimum absolute atomic E-state index is 0.0458. The van der Waals surface area contributed by atoms with E-state index in [1.807, 2.05) is 31.2 Å². The zero-order chi connectivity index (χ0) is 19.5. The van der Waals surface area contributed by atoms with Crippen LogP contribution in [-0.2, 0) is 11.3 Å². The van der Waals surface area contributed by atoms with Crippen LogP contribution in [0.25, 0.3) is 11.5 Å². The van der Waals surface area contributed by atoms with Crippen molar-refractivity contribution >= 4 is 5.91 Å². The van der Waals surface area contributed by atoms with Gasteiger partial charge in [0, 0.05) is 36.6 Å². The highest BCUT2D eigenvalue weighted by molar-refractivity contribution is 5.79. The maximum absolute atomic E-state index is 13.1. The SMILES string of the molecule is CCOc1ccccc1CN1CC(c2noc(-c3ccc(F)cc3)n2)CC1=O. The average molecular weight is 381 g/mol. The molecular weight excluding hydrogens is 361 g/mol. The molecule has 0 spiro atoms. The second-order valence-electron chi connectivity index (χ2n) is 6.68. The summed E-state index contributed by atoms with van der Waals surface area (Å²) in [7, 11) is 0. The number of hydrogen-bond acceptors (Lipinski definition) is 5. The normalized spacial score (nSPS) is 16.6. The Hall–Kier alpha value is -3.22. The molecule has 6 nitrogen and oxygen atoms in total. The zero-order valence-corrected chi connectivity index (χ0v) is 15.5. The van der Waals surface area contributed by atoms with E-state index in [4.69, 9.17) is 9.26 Å². The Morgan fingerprint density at radius 3 is 2.79 bits per heavy atom. The van der Waals surface area contributed by atoms with Gasteiger partial charge in [-0.05, 0) is 37.3 Å². The van der Waals surface area contributed by atoms with Crippen molar-refractivity contribution < 1.29 is 18.4 Å². The van der Waals surface area contributed by atoms with Crippen molar-refractivity contribution in [3.8, 4) is 17.2 Å². The van der Waals surface area contributed by atoms with Crippen molar-refractivity contribution in [1.29, 1.82) is 0 Å². The van der Waals surface area contributed by atoms with Crippen LogP contribution in [0.5, 0.6) is 5.75 Å². The van der Waals surface area contributed by atoms with Crippen molar-refractivity contribution in [1.82, 2.24) is 15.0 Å². The lowest BCUT2D eigenvalue weighted by Gasteiger charge is -2.18. The molecule has 0 bridgehead atoms. The van der Waals surface area contributed by atoms with Crippen LogP contribution < -0.4 is 4.74 Å². The van der Waals surface area contributed by atoms with E-state index in [1.54, 1.807) is 17.0 Å². The lowest BCUT2D eigenvalue weighted by atomic mass is 10.1. The predicted octanol–water partition coefficient (Wildman–Crippen LogP) is 3.79. The van der Waals surface area contributed by atoms with Crippen LogP contribution in [-0.4, -0.2) is 34.1 Å². The maximum atomic E-state index is 13.1. The average Bonchev–Trinajstić information content (AvgIpc) is 3.32. The molecule has 0 radical (unpaired) electrons. The summed E-state index contributed by atoms with van der Waals surface area (Å²) in [6.45, 7) is 3.50. The summed E-state index contributed by atoms with van der Waals surface area (Å²) in [6, 6.07) is 13.6. The number of rotatable bonds is 6. The second kappa shape index (κ2) is 7.80. The van der Waals surface area contributed by atoms with Gasteiger partial charge in [0.15, 0.2) is 5.82 Å². The Morgan fingerprint density at radius 1 is 1.21 bits per heavy atom. The lowest BCUT2D eigenvalue weighted by Crippen LogP contribution is -2.24. The van der Waals surface area contributed by atoms with Gasteiger partial charge in [0.05, 0.1) is 6.61 Å². The molecule has 1 unspecified atom stereocenters. The number of amides is 1. The molecule has 1 saturated heterocycles. The molecule has 7 heteroatoms. The Labute approximate surface area is 161 Å². The monoisotopic (exact) mass is 381 g/mol. The molecule has 1 aromatic heterocycles. The standard InChI is InChI=1S/C21H20FN3O3/c1-2-27-18-6-4-3-5-15(18)12-25-13-16(11-19(25)26)20-23-21(28-24-20)14-7-9-17(22)10-8-14/h3-10,16H,2,11-13H2,1H3. The molecule has 2 heterocycles. The van der Waals surface area contributed by atoms with E-state index in [0.29, 0.717) is 43.4 Å². The third-order valence-electron chi connectivity index (χ3n) is 4.75. The first-order valence-corrected chi connectivity index (χ1v) is 9.22. The molecule has 4 rings (SSSR count). The highest BCUT2D eigenvalue weighted by Gasteiger charge is 2.34. The molecule has 1 aliphatic heterocycles. The molecule has 3 aromatic rings. The minimum atomic E-state index is -0.326. The van der Waals surface area contributed by atoms with Crippen molar-refractivity contribution in [3.63, 3.8) is 0 Å². The molecule has 1 amide bonds. The summed E-state index contributed by atoms with van der Waals surface area (Å²) in [5.74, 6) is 1.19. The van der Waals surface area contributed by atoms with Gasteiger partial charge in [-0.1, -0.05) is 23.4 Å². The number of benzene rings is 2. The highest BCUT2D eigenvalue weighted by Crippen LogP contribution is 2.30. The van der Waals surface area contributed by atoms with Gasteiger partial charge in [0.2, 0.25) is 5.91 Å². The zero-order valence-electron chi connectivity index (χ0n) is 15.5. The number of ether oxygens (including phenoxy) is 1. The largest absolute Gasteiger partial charge is 0.494 e. The molecule has 0 aliphatic carbocycles. The fourth-order valence-electron chi connectivity index (χ4n) is 3.34. The number of hydrogen-bond donors (Lipinski definition) is 0. The van der Waals surface area contributed by atoms with E-state index >= 15 is 0 Å². The molecule has 0 N–H and O–H groups in total. The number of carbonyl (C=O) groups is 1. The molecule has 1 fully saturated rings. The van der Waals surface area contributed by atoms with Crippen molar-refractivity contribution in [2.75, 3.05) is 13.2 Å². The van der Waals surface area contributed by atoms with Gasteiger partial charge in [-0.2, -0.15) is 4.98 Å². The summed E-state index contributed by atoms with van der Waals surface area (Å²) in [4.78, 5) is 18.7. The molecule has 144 valence electrons. The van der Waals surface area contributed by atoms with E-state index < -0.39 is 0 Å². The third kappa shape index (κ3) is 3.74. The Bertz CT molecular complexity index is 971. The molecule has 1 atom stereocenters. The van der Waals surface area contributed by atoms with Crippen molar-refractivity contribution in [2.24, 2.45) is 0 Å². The van der Waals surface area contributed by atoms with Gasteiger partial charge < -0.3 is 14.2 Å². The van der Waals surface area contributed by atoms with E-state index in [2.05, 4.69) is 10.1 Å². The topological polar surface area (TPSA) is 68.5 Å². The van der Waals surface area contributed by atoms with Crippen molar-refractivity contribution in [3.05, 3.63) is 65.7 Å². The fraction of sp³-hybridized carbons (Fsp3) is 0.286. The Balaban J connectivity index is 1.47. The van der Waals surface area contributed by atoms with E-state index in [1.165, 1.54) is 12.1 Å². The van der Waals surface area contributed by atoms with E-state index in [9.17, 15) is 9.18 Å². The van der Waals surface area contributed by atoms with Gasteiger partial charge in [-0.25, -0.2) is 4.39 Å². The number of carbonyl (C=O) groups excluding carboxylic acids is 1. The third-order valence-corrected chi connectivity index (χ3v) is 4.75. The summed E-state index contributed by atoms with van der Waals surface area (Å²) < 4.78 is 24.0. The first kappa shape index (κ1) is 18.2. The second-order valence-corrected chi connectivity index (χ2v) is 6.68. The van der Waals surface area contributed by atoms with Gasteiger partial charge in [-0.15, -0.1) is 0 Å². The number of likely N-dealkylation sites (tertiary alicyclic amines) is 1. The minimum Gasteiger partial charge on any atom is -0.494 e. The Kier molecular flexibility index (Phi) is 5.06. The Morgan fingerprint density at radius 2 is 2.00 bits per heavy atom. The summed E-state index contributed by atoms with van der Waals surface area (Å²) in [6.07, 6.45) is 0.333. The summed E-state index contributed by atoms with van der Waals surface area (Å²) in [5, 5.41) is 4.04. The van der Waals surface area contributed by atoms with E-state index in [0.717, 1.165) is 11.3 Å². The summed E-state index contributed by atoms with van der Waals surface area (Å²) >= 11 is 0.